The molecular formula is C18H19FN4OS. The molecule has 0 fully saturated rings. The summed E-state index contributed by atoms with van der Waals surface area (Å²) in [5, 5.41) is 1.35. The Morgan fingerprint density at radius 2 is 2.12 bits per heavy atom. The third-order valence-electron chi connectivity index (χ3n) is 4.28. The van der Waals surface area contributed by atoms with E-state index in [1.807, 2.05) is 20.1 Å². The van der Waals surface area contributed by atoms with Crippen LogP contribution in [0.1, 0.15) is 26.3 Å². The van der Waals surface area contributed by atoms with Crippen LogP contribution < -0.4 is 11.3 Å². The SMILES string of the molecule is CCC(C)n1c(=O)c(-c2ccc(N)c(F)c2)cc2cnc(SC)nc21. The molecule has 0 saturated carbocycles. The highest BCUT2D eigenvalue weighted by atomic mass is 32.2. The Morgan fingerprint density at radius 3 is 2.76 bits per heavy atom. The monoisotopic (exact) mass is 358 g/mol. The lowest BCUT2D eigenvalue weighted by Gasteiger charge is -2.17. The van der Waals surface area contributed by atoms with E-state index in [-0.39, 0.29) is 17.3 Å². The van der Waals surface area contributed by atoms with Crippen LogP contribution in [0.3, 0.4) is 0 Å². The number of nitrogens with zero attached hydrogens (tertiary/aromatic N) is 3. The Hall–Kier alpha value is -2.41. The van der Waals surface area contributed by atoms with Crippen LogP contribution in [-0.4, -0.2) is 20.8 Å². The molecule has 0 bridgehead atoms. The molecule has 2 heterocycles. The summed E-state index contributed by atoms with van der Waals surface area (Å²) >= 11 is 1.42. The van der Waals surface area contributed by atoms with Crippen molar-refractivity contribution in [3.63, 3.8) is 0 Å². The number of benzene rings is 1. The number of fused-ring (bicyclic) bond motifs is 1. The maximum atomic E-state index is 13.9. The van der Waals surface area contributed by atoms with Gasteiger partial charge in [-0.1, -0.05) is 24.8 Å². The molecule has 7 heteroatoms. The zero-order chi connectivity index (χ0) is 18.1. The fourth-order valence-corrected chi connectivity index (χ4v) is 3.03. The summed E-state index contributed by atoms with van der Waals surface area (Å²) in [6.07, 6.45) is 4.36. The first-order valence-electron chi connectivity index (χ1n) is 7.98. The molecule has 130 valence electrons. The molecule has 0 radical (unpaired) electrons. The van der Waals surface area contributed by atoms with Crippen molar-refractivity contribution in [2.75, 3.05) is 12.0 Å². The van der Waals surface area contributed by atoms with E-state index in [1.165, 1.54) is 23.9 Å². The molecule has 0 saturated heterocycles. The molecule has 1 atom stereocenters. The number of hydrogen-bond donors (Lipinski definition) is 1. The van der Waals surface area contributed by atoms with E-state index in [1.54, 1.807) is 22.9 Å². The number of hydrogen-bond acceptors (Lipinski definition) is 5. The van der Waals surface area contributed by atoms with Gasteiger partial charge in [0.25, 0.3) is 5.56 Å². The van der Waals surface area contributed by atoms with Gasteiger partial charge in [0.1, 0.15) is 11.5 Å². The molecular weight excluding hydrogens is 339 g/mol. The van der Waals surface area contributed by atoms with Crippen LogP contribution in [0.5, 0.6) is 0 Å². The van der Waals surface area contributed by atoms with Crippen molar-refractivity contribution in [2.24, 2.45) is 0 Å². The van der Waals surface area contributed by atoms with Crippen LogP contribution in [0, 0.1) is 5.82 Å². The molecule has 1 unspecified atom stereocenters. The second-order valence-corrected chi connectivity index (χ2v) is 6.64. The van der Waals surface area contributed by atoms with Crippen molar-refractivity contribution in [2.45, 2.75) is 31.5 Å². The minimum absolute atomic E-state index is 0.0433. The van der Waals surface area contributed by atoms with Crippen molar-refractivity contribution in [1.29, 1.82) is 0 Å². The Balaban J connectivity index is 2.36. The summed E-state index contributed by atoms with van der Waals surface area (Å²) in [7, 11) is 0. The Labute approximate surface area is 149 Å². The molecule has 1 aromatic carbocycles. The number of nitrogen functional groups attached to an aromatic ring is 1. The molecule has 3 aromatic rings. The maximum Gasteiger partial charge on any atom is 0.260 e. The zero-order valence-electron chi connectivity index (χ0n) is 14.3. The molecule has 5 nitrogen and oxygen atoms in total. The average molecular weight is 358 g/mol. The number of aromatic nitrogens is 3. The lowest BCUT2D eigenvalue weighted by Crippen LogP contribution is -2.25. The molecule has 0 aliphatic carbocycles. The van der Waals surface area contributed by atoms with Gasteiger partial charge in [0, 0.05) is 23.2 Å². The third-order valence-corrected chi connectivity index (χ3v) is 4.84. The molecule has 2 N–H and O–H groups in total. The molecule has 0 aliphatic rings. The van der Waals surface area contributed by atoms with Gasteiger partial charge < -0.3 is 5.73 Å². The fraction of sp³-hybridized carbons (Fsp3) is 0.278. The Bertz CT molecular complexity index is 1000. The molecule has 0 amide bonds. The van der Waals surface area contributed by atoms with Gasteiger partial charge in [0.05, 0.1) is 5.69 Å². The van der Waals surface area contributed by atoms with Crippen molar-refractivity contribution < 1.29 is 4.39 Å². The number of halogens is 1. The van der Waals surface area contributed by atoms with Gasteiger partial charge >= 0.3 is 0 Å². The van der Waals surface area contributed by atoms with Crippen LogP contribution >= 0.6 is 11.8 Å². The van der Waals surface area contributed by atoms with Crippen LogP contribution in [-0.2, 0) is 0 Å². The smallest absolute Gasteiger partial charge is 0.260 e. The van der Waals surface area contributed by atoms with Crippen LogP contribution in [0.2, 0.25) is 0 Å². The number of thioether (sulfide) groups is 1. The van der Waals surface area contributed by atoms with E-state index < -0.39 is 5.82 Å². The van der Waals surface area contributed by atoms with Crippen LogP contribution in [0.4, 0.5) is 10.1 Å². The van der Waals surface area contributed by atoms with Gasteiger partial charge in [-0.15, -0.1) is 0 Å². The van der Waals surface area contributed by atoms with Crippen molar-refractivity contribution in [1.82, 2.24) is 14.5 Å². The quantitative estimate of drug-likeness (QED) is 0.435. The van der Waals surface area contributed by atoms with Crippen molar-refractivity contribution in [3.05, 3.63) is 46.6 Å². The van der Waals surface area contributed by atoms with Gasteiger partial charge in [-0.25, -0.2) is 14.4 Å². The first-order valence-corrected chi connectivity index (χ1v) is 9.20. The van der Waals surface area contributed by atoms with Gasteiger partial charge in [-0.05, 0) is 43.4 Å². The molecule has 2 aromatic heterocycles. The van der Waals surface area contributed by atoms with E-state index in [0.29, 0.717) is 21.9 Å². The van der Waals surface area contributed by atoms with Crippen molar-refractivity contribution in [3.8, 4) is 11.1 Å². The zero-order valence-corrected chi connectivity index (χ0v) is 15.1. The highest BCUT2D eigenvalue weighted by Crippen LogP contribution is 2.25. The number of nitrogens with two attached hydrogens (primary N) is 1. The summed E-state index contributed by atoms with van der Waals surface area (Å²) in [6.45, 7) is 3.98. The Kier molecular flexibility index (Phi) is 4.76. The second kappa shape index (κ2) is 6.84. The van der Waals surface area contributed by atoms with E-state index in [0.717, 1.165) is 11.8 Å². The number of rotatable bonds is 4. The van der Waals surface area contributed by atoms with Crippen LogP contribution in [0.15, 0.2) is 40.4 Å². The second-order valence-electron chi connectivity index (χ2n) is 5.86. The summed E-state index contributed by atoms with van der Waals surface area (Å²) in [5.41, 5.74) is 6.90. The number of anilines is 1. The minimum Gasteiger partial charge on any atom is -0.396 e. The van der Waals surface area contributed by atoms with Crippen LogP contribution in [0.25, 0.3) is 22.2 Å². The summed E-state index contributed by atoms with van der Waals surface area (Å²) in [6, 6.07) is 6.08. The highest BCUT2D eigenvalue weighted by molar-refractivity contribution is 7.98. The standard InChI is InChI=1S/C18H19FN4OS/c1-4-10(2)23-16-12(9-21-18(22-16)25-3)7-13(17(23)24)11-5-6-15(20)14(19)8-11/h5-10H,4,20H2,1-3H3. The largest absolute Gasteiger partial charge is 0.396 e. The topological polar surface area (TPSA) is 73.8 Å². The maximum absolute atomic E-state index is 13.9. The predicted octanol–water partition coefficient (Wildman–Crippen LogP) is 3.87. The molecule has 3 rings (SSSR count). The molecule has 25 heavy (non-hydrogen) atoms. The van der Waals surface area contributed by atoms with E-state index >= 15 is 0 Å². The fourth-order valence-electron chi connectivity index (χ4n) is 2.70. The van der Waals surface area contributed by atoms with E-state index in [2.05, 4.69) is 9.97 Å². The van der Waals surface area contributed by atoms with Gasteiger partial charge in [-0.2, -0.15) is 0 Å². The summed E-state index contributed by atoms with van der Waals surface area (Å²) < 4.78 is 15.5. The lowest BCUT2D eigenvalue weighted by molar-refractivity contribution is 0.527. The summed E-state index contributed by atoms with van der Waals surface area (Å²) in [5.74, 6) is -0.541. The minimum atomic E-state index is -0.541. The van der Waals surface area contributed by atoms with Crippen molar-refractivity contribution >= 4 is 28.5 Å². The number of pyridine rings is 1. The van der Waals surface area contributed by atoms with E-state index in [9.17, 15) is 9.18 Å². The predicted molar refractivity (Wildman–Crippen MR) is 100 cm³/mol. The average Bonchev–Trinajstić information content (AvgIpc) is 2.62. The normalized spacial score (nSPS) is 12.5. The Morgan fingerprint density at radius 1 is 1.36 bits per heavy atom. The van der Waals surface area contributed by atoms with Gasteiger partial charge in [0.15, 0.2) is 5.16 Å². The first-order chi connectivity index (χ1) is 12.0. The third kappa shape index (κ3) is 3.11. The highest BCUT2D eigenvalue weighted by Gasteiger charge is 2.17. The summed E-state index contributed by atoms with van der Waals surface area (Å²) in [4.78, 5) is 21.9. The molecule has 0 spiro atoms. The molecule has 0 aliphatic heterocycles. The van der Waals surface area contributed by atoms with Gasteiger partial charge in [-0.3, -0.25) is 9.36 Å². The lowest BCUT2D eigenvalue weighted by atomic mass is 10.0. The first kappa shape index (κ1) is 17.4. The van der Waals surface area contributed by atoms with E-state index in [4.69, 9.17) is 5.73 Å². The van der Waals surface area contributed by atoms with Gasteiger partial charge in [0.2, 0.25) is 0 Å².